The van der Waals surface area contributed by atoms with Crippen LogP contribution in [-0.2, 0) is 6.54 Å². The molecule has 1 heterocycles. The Kier molecular flexibility index (Phi) is 3.60. The monoisotopic (exact) mass is 221 g/mol. The van der Waals surface area contributed by atoms with E-state index in [0.29, 0.717) is 12.5 Å². The zero-order chi connectivity index (χ0) is 11.5. The zero-order valence-electron chi connectivity index (χ0n) is 8.67. The molecule has 0 fully saturated rings. The maximum absolute atomic E-state index is 12.0. The van der Waals surface area contributed by atoms with Crippen molar-refractivity contribution in [1.29, 1.82) is 0 Å². The van der Waals surface area contributed by atoms with Crippen molar-refractivity contribution in [2.45, 2.75) is 39.0 Å². The lowest BCUT2D eigenvalue weighted by Crippen LogP contribution is -2.25. The van der Waals surface area contributed by atoms with Crippen LogP contribution in [0.2, 0.25) is 0 Å². The van der Waals surface area contributed by atoms with Gasteiger partial charge in [-0.15, -0.1) is 0 Å². The molecule has 0 saturated carbocycles. The molecule has 6 heteroatoms. The number of nitrogens with one attached hydrogen (secondary N) is 1. The fourth-order valence-electron chi connectivity index (χ4n) is 1.32. The van der Waals surface area contributed by atoms with Gasteiger partial charge in [-0.2, -0.15) is 13.2 Å². The normalized spacial score (nSPS) is 13.9. The number of aromatic nitrogens is 2. The van der Waals surface area contributed by atoms with Crippen molar-refractivity contribution in [3.8, 4) is 0 Å². The number of alkyl halides is 3. The number of nitrogens with zero attached hydrogens (tertiary/aromatic N) is 2. The van der Waals surface area contributed by atoms with E-state index >= 15 is 0 Å². The van der Waals surface area contributed by atoms with Gasteiger partial charge < -0.3 is 9.88 Å². The number of imidazole rings is 1. The first kappa shape index (κ1) is 11.9. The average molecular weight is 221 g/mol. The Morgan fingerprint density at radius 2 is 2.20 bits per heavy atom. The Morgan fingerprint density at radius 3 is 2.73 bits per heavy atom. The van der Waals surface area contributed by atoms with Gasteiger partial charge in [-0.3, -0.25) is 0 Å². The van der Waals surface area contributed by atoms with Crippen LogP contribution in [0.3, 0.4) is 0 Å². The van der Waals surface area contributed by atoms with Crippen LogP contribution in [0.4, 0.5) is 19.1 Å². The molecular weight excluding hydrogens is 207 g/mol. The Hall–Kier alpha value is -1.20. The first-order chi connectivity index (χ1) is 6.92. The molecule has 3 nitrogen and oxygen atoms in total. The highest BCUT2D eigenvalue weighted by atomic mass is 19.4. The van der Waals surface area contributed by atoms with Crippen molar-refractivity contribution in [1.82, 2.24) is 9.55 Å². The Bertz CT molecular complexity index is 306. The lowest BCUT2D eigenvalue weighted by molar-refractivity contribution is -0.136. The Morgan fingerprint density at radius 1 is 1.53 bits per heavy atom. The van der Waals surface area contributed by atoms with Gasteiger partial charge in [-0.05, 0) is 13.8 Å². The third-order valence-electron chi connectivity index (χ3n) is 1.97. The summed E-state index contributed by atoms with van der Waals surface area (Å²) in [5.74, 6) is 0.481. The van der Waals surface area contributed by atoms with Crippen molar-refractivity contribution < 1.29 is 13.2 Å². The highest BCUT2D eigenvalue weighted by Gasteiger charge is 2.30. The minimum Gasteiger partial charge on any atom is -0.353 e. The van der Waals surface area contributed by atoms with Gasteiger partial charge in [0.25, 0.3) is 0 Å². The summed E-state index contributed by atoms with van der Waals surface area (Å²) in [6.07, 6.45) is -1.71. The van der Waals surface area contributed by atoms with Crippen molar-refractivity contribution in [2.75, 3.05) is 5.32 Å². The van der Waals surface area contributed by atoms with Crippen LogP contribution in [0.1, 0.15) is 20.3 Å². The molecule has 15 heavy (non-hydrogen) atoms. The average Bonchev–Trinajstić information content (AvgIpc) is 2.48. The largest absolute Gasteiger partial charge is 0.391 e. The number of rotatable bonds is 4. The summed E-state index contributed by atoms with van der Waals surface area (Å²) in [6, 6.07) is -0.669. The van der Waals surface area contributed by atoms with Gasteiger partial charge in [-0.1, -0.05) is 0 Å². The topological polar surface area (TPSA) is 29.9 Å². The number of anilines is 1. The highest BCUT2D eigenvalue weighted by molar-refractivity contribution is 5.27. The van der Waals surface area contributed by atoms with Crippen molar-refractivity contribution in [2.24, 2.45) is 0 Å². The second-order valence-electron chi connectivity index (χ2n) is 3.40. The zero-order valence-corrected chi connectivity index (χ0v) is 8.67. The number of halogens is 3. The van der Waals surface area contributed by atoms with Crippen molar-refractivity contribution >= 4 is 5.95 Å². The van der Waals surface area contributed by atoms with E-state index in [1.54, 1.807) is 17.0 Å². The van der Waals surface area contributed by atoms with Gasteiger partial charge in [0.1, 0.15) is 0 Å². The Labute approximate surface area is 86.3 Å². The molecule has 1 aromatic rings. The second kappa shape index (κ2) is 4.55. The van der Waals surface area contributed by atoms with Crippen LogP contribution in [0.25, 0.3) is 0 Å². The van der Waals surface area contributed by atoms with Crippen LogP contribution >= 0.6 is 0 Å². The van der Waals surface area contributed by atoms with Gasteiger partial charge in [0.15, 0.2) is 0 Å². The fourth-order valence-corrected chi connectivity index (χ4v) is 1.32. The summed E-state index contributed by atoms with van der Waals surface area (Å²) >= 11 is 0. The van der Waals surface area contributed by atoms with Crippen LogP contribution in [0.5, 0.6) is 0 Å². The molecule has 0 saturated heterocycles. The van der Waals surface area contributed by atoms with E-state index in [0.717, 1.165) is 0 Å². The van der Waals surface area contributed by atoms with Gasteiger partial charge in [0, 0.05) is 25.0 Å². The van der Waals surface area contributed by atoms with Crippen LogP contribution in [0.15, 0.2) is 12.4 Å². The summed E-state index contributed by atoms with van der Waals surface area (Å²) in [5.41, 5.74) is 0. The second-order valence-corrected chi connectivity index (χ2v) is 3.40. The van der Waals surface area contributed by atoms with E-state index in [9.17, 15) is 13.2 Å². The minimum absolute atomic E-state index is 0.481. The van der Waals surface area contributed by atoms with E-state index in [4.69, 9.17) is 0 Å². The molecule has 0 amide bonds. The number of hydrogen-bond acceptors (Lipinski definition) is 2. The quantitative estimate of drug-likeness (QED) is 0.847. The van der Waals surface area contributed by atoms with E-state index in [2.05, 4.69) is 10.3 Å². The number of aryl methyl sites for hydroxylation is 1. The first-order valence-corrected chi connectivity index (χ1v) is 4.77. The van der Waals surface area contributed by atoms with E-state index in [1.165, 1.54) is 6.92 Å². The predicted molar refractivity (Wildman–Crippen MR) is 51.7 cm³/mol. The van der Waals surface area contributed by atoms with Crippen LogP contribution in [0, 0.1) is 0 Å². The van der Waals surface area contributed by atoms with Crippen LogP contribution in [-0.4, -0.2) is 21.8 Å². The smallest absolute Gasteiger partial charge is 0.353 e. The first-order valence-electron chi connectivity index (χ1n) is 4.77. The molecule has 0 bridgehead atoms. The molecule has 1 aromatic heterocycles. The summed E-state index contributed by atoms with van der Waals surface area (Å²) < 4.78 is 37.9. The molecule has 1 atom stereocenters. The molecular formula is C9H14F3N3. The highest BCUT2D eigenvalue weighted by Crippen LogP contribution is 2.22. The summed E-state index contributed by atoms with van der Waals surface area (Å²) in [7, 11) is 0. The molecule has 0 aliphatic heterocycles. The Balaban J connectivity index is 2.55. The molecule has 0 aromatic carbocycles. The lowest BCUT2D eigenvalue weighted by atomic mass is 10.2. The van der Waals surface area contributed by atoms with Gasteiger partial charge in [0.05, 0.1) is 6.42 Å². The van der Waals surface area contributed by atoms with Gasteiger partial charge in [-0.25, -0.2) is 4.98 Å². The van der Waals surface area contributed by atoms with Crippen molar-refractivity contribution in [3.63, 3.8) is 0 Å². The third kappa shape index (κ3) is 3.81. The maximum Gasteiger partial charge on any atom is 0.391 e. The fraction of sp³-hybridized carbons (Fsp3) is 0.667. The van der Waals surface area contributed by atoms with E-state index < -0.39 is 18.6 Å². The molecule has 0 spiro atoms. The SMILES string of the molecule is CCn1ccnc1NC(C)CC(F)(F)F. The van der Waals surface area contributed by atoms with Crippen LogP contribution < -0.4 is 5.32 Å². The predicted octanol–water partition coefficient (Wildman–Crippen LogP) is 2.66. The minimum atomic E-state index is -4.14. The van der Waals surface area contributed by atoms with Crippen molar-refractivity contribution in [3.05, 3.63) is 12.4 Å². The molecule has 1 rings (SSSR count). The molecule has 0 aliphatic rings. The summed E-state index contributed by atoms with van der Waals surface area (Å²) in [6.45, 7) is 4.07. The maximum atomic E-state index is 12.0. The molecule has 1 unspecified atom stereocenters. The van der Waals surface area contributed by atoms with Gasteiger partial charge >= 0.3 is 6.18 Å². The standard InChI is InChI=1S/C9H14F3N3/c1-3-15-5-4-13-8(15)14-7(2)6-9(10,11)12/h4-5,7H,3,6H2,1-2H3,(H,13,14). The van der Waals surface area contributed by atoms with Gasteiger partial charge in [0.2, 0.25) is 5.95 Å². The summed E-state index contributed by atoms with van der Waals surface area (Å²) in [5, 5.41) is 2.73. The third-order valence-corrected chi connectivity index (χ3v) is 1.97. The molecule has 0 radical (unpaired) electrons. The number of hydrogen-bond donors (Lipinski definition) is 1. The summed E-state index contributed by atoms with van der Waals surface area (Å²) in [4.78, 5) is 3.94. The molecule has 86 valence electrons. The van der Waals surface area contributed by atoms with E-state index in [-0.39, 0.29) is 0 Å². The molecule has 0 aliphatic carbocycles. The molecule has 1 N–H and O–H groups in total. The van der Waals surface area contributed by atoms with E-state index in [1.807, 2.05) is 6.92 Å². The lowest BCUT2D eigenvalue weighted by Gasteiger charge is -2.16.